The average molecular weight is 1430 g/mol. The normalized spacial score (nSPS) is 11.2. The second kappa shape index (κ2) is 25.3. The number of nitrogens with one attached hydrogen (secondary N) is 1. The Morgan fingerprint density at radius 3 is 1.29 bits per heavy atom. The van der Waals surface area contributed by atoms with Crippen molar-refractivity contribution in [3.63, 3.8) is 0 Å². The number of para-hydroxylation sites is 4. The van der Waals surface area contributed by atoms with Gasteiger partial charge in [-0.2, -0.15) is 0 Å². The summed E-state index contributed by atoms with van der Waals surface area (Å²) in [6, 6.07) is 97.0. The van der Waals surface area contributed by atoms with Gasteiger partial charge in [0.1, 0.15) is 11.2 Å². The van der Waals surface area contributed by atoms with E-state index in [9.17, 15) is 0 Å². The Hall–Kier alpha value is -8.89. The fraction of sp³-hybridized carbons (Fsp3) is 0.0256. The molecule has 11 heteroatoms. The molecule has 0 atom stereocenters. The SMILES string of the molecule is CI.CI.Clc1ccc(-c2ccc3c4c5ccccc5oc4n(-c4ccccc4)c3c2)cc1.Nc1cccc2c1sc1ccccc12.c1ccc(-n2c3cc(-c4ccc(Nc5cccc6c5sc5ccccc56)cc4)ccc3c3c4ccccc4oc32)cc1. The molecule has 0 bridgehead atoms. The fourth-order valence-electron chi connectivity index (χ4n) is 12.2. The molecule has 0 aliphatic rings. The van der Waals surface area contributed by atoms with Gasteiger partial charge < -0.3 is 19.9 Å². The third-order valence-electron chi connectivity index (χ3n) is 16.1. The molecule has 0 amide bonds. The fourth-order valence-corrected chi connectivity index (χ4v) is 14.6. The van der Waals surface area contributed by atoms with E-state index >= 15 is 0 Å². The van der Waals surface area contributed by atoms with E-state index in [1.165, 1.54) is 62.2 Å². The number of thiophene rings is 2. The molecule has 432 valence electrons. The van der Waals surface area contributed by atoms with Gasteiger partial charge >= 0.3 is 0 Å². The summed E-state index contributed by atoms with van der Waals surface area (Å²) in [7, 11) is 0. The van der Waals surface area contributed by atoms with Crippen molar-refractivity contribution in [2.45, 2.75) is 0 Å². The number of rotatable bonds is 6. The summed E-state index contributed by atoms with van der Waals surface area (Å²) in [5.74, 6) is 0. The first-order chi connectivity index (χ1) is 44.0. The van der Waals surface area contributed by atoms with E-state index in [0.717, 1.165) is 99.8 Å². The Morgan fingerprint density at radius 1 is 0.371 bits per heavy atom. The number of anilines is 3. The molecule has 0 saturated heterocycles. The molecule has 6 heterocycles. The van der Waals surface area contributed by atoms with Crippen molar-refractivity contribution >= 4 is 203 Å². The molecular formula is C78H55ClI2N4O2S2. The van der Waals surface area contributed by atoms with Crippen molar-refractivity contribution in [3.8, 4) is 33.6 Å². The van der Waals surface area contributed by atoms with Gasteiger partial charge in [0.05, 0.1) is 36.9 Å². The maximum Gasteiger partial charge on any atom is 0.213 e. The van der Waals surface area contributed by atoms with Crippen LogP contribution in [0.3, 0.4) is 0 Å². The Kier molecular flexibility index (Phi) is 16.4. The van der Waals surface area contributed by atoms with Crippen LogP contribution in [0.25, 0.3) is 140 Å². The van der Waals surface area contributed by atoms with Gasteiger partial charge in [-0.05, 0) is 129 Å². The maximum atomic E-state index is 6.45. The number of furan rings is 2. The molecule has 18 aromatic rings. The zero-order valence-corrected chi connectivity index (χ0v) is 55.0. The molecule has 0 saturated carbocycles. The summed E-state index contributed by atoms with van der Waals surface area (Å²) in [6.45, 7) is 0. The zero-order chi connectivity index (χ0) is 60.5. The number of halogens is 3. The summed E-state index contributed by atoms with van der Waals surface area (Å²) in [5, 5.41) is 16.6. The van der Waals surface area contributed by atoms with Crippen molar-refractivity contribution in [1.82, 2.24) is 9.13 Å². The number of hydrogen-bond acceptors (Lipinski definition) is 6. The monoisotopic (exact) mass is 1430 g/mol. The molecule has 6 aromatic heterocycles. The van der Waals surface area contributed by atoms with Gasteiger partial charge in [0.2, 0.25) is 11.4 Å². The lowest BCUT2D eigenvalue weighted by atomic mass is 10.0. The molecule has 0 fully saturated rings. The highest BCUT2D eigenvalue weighted by Crippen LogP contribution is 2.44. The van der Waals surface area contributed by atoms with Crippen LogP contribution < -0.4 is 11.1 Å². The molecule has 89 heavy (non-hydrogen) atoms. The second-order valence-corrected chi connectivity index (χ2v) is 23.7. The number of nitrogens with two attached hydrogens (primary N) is 1. The quantitative estimate of drug-likeness (QED) is 0.0988. The Labute approximate surface area is 554 Å². The number of hydrogen-bond donors (Lipinski definition) is 2. The van der Waals surface area contributed by atoms with E-state index in [1.54, 1.807) is 11.3 Å². The second-order valence-electron chi connectivity index (χ2n) is 21.2. The van der Waals surface area contributed by atoms with Gasteiger partial charge in [0.15, 0.2) is 0 Å². The highest BCUT2D eigenvalue weighted by atomic mass is 127. The Morgan fingerprint density at radius 2 is 0.775 bits per heavy atom. The topological polar surface area (TPSA) is 74.2 Å². The van der Waals surface area contributed by atoms with Gasteiger partial charge in [-0.3, -0.25) is 9.13 Å². The van der Waals surface area contributed by atoms with Crippen molar-refractivity contribution in [3.05, 3.63) is 284 Å². The van der Waals surface area contributed by atoms with E-state index in [2.05, 4.69) is 278 Å². The van der Waals surface area contributed by atoms with Gasteiger partial charge in [0.25, 0.3) is 0 Å². The number of alkyl halides is 2. The van der Waals surface area contributed by atoms with E-state index in [0.29, 0.717) is 0 Å². The van der Waals surface area contributed by atoms with Crippen LogP contribution >= 0.6 is 79.5 Å². The predicted molar refractivity (Wildman–Crippen MR) is 403 cm³/mol. The lowest BCUT2D eigenvalue weighted by Gasteiger charge is -2.10. The van der Waals surface area contributed by atoms with E-state index in [4.69, 9.17) is 26.2 Å². The maximum absolute atomic E-state index is 6.45. The van der Waals surface area contributed by atoms with Gasteiger partial charge in [-0.25, -0.2) is 0 Å². The van der Waals surface area contributed by atoms with Crippen LogP contribution in [0.1, 0.15) is 0 Å². The lowest BCUT2D eigenvalue weighted by molar-refractivity contribution is 0.645. The molecular weight excluding hydrogens is 1380 g/mol. The highest BCUT2D eigenvalue weighted by Gasteiger charge is 2.22. The molecule has 0 aliphatic heterocycles. The Bertz CT molecular complexity index is 5550. The summed E-state index contributed by atoms with van der Waals surface area (Å²) >= 11 is 14.0. The predicted octanol–water partition coefficient (Wildman–Crippen LogP) is 24.9. The lowest BCUT2D eigenvalue weighted by Crippen LogP contribution is -1.93. The van der Waals surface area contributed by atoms with E-state index in [1.807, 2.05) is 81.9 Å². The molecule has 6 nitrogen and oxygen atoms in total. The van der Waals surface area contributed by atoms with Crippen LogP contribution in [-0.4, -0.2) is 19.0 Å². The largest absolute Gasteiger partial charge is 0.439 e. The van der Waals surface area contributed by atoms with Crippen LogP contribution in [0.15, 0.2) is 288 Å². The molecule has 0 radical (unpaired) electrons. The first-order valence-electron chi connectivity index (χ1n) is 28.9. The first-order valence-corrected chi connectivity index (χ1v) is 35.3. The molecule has 3 N–H and O–H groups in total. The molecule has 12 aromatic carbocycles. The molecule has 18 rings (SSSR count). The van der Waals surface area contributed by atoms with Gasteiger partial charge in [-0.1, -0.05) is 239 Å². The van der Waals surface area contributed by atoms with E-state index in [-0.39, 0.29) is 0 Å². The first kappa shape index (κ1) is 57.8. The van der Waals surface area contributed by atoms with Crippen molar-refractivity contribution in [1.29, 1.82) is 0 Å². The third-order valence-corrected chi connectivity index (χ3v) is 18.8. The van der Waals surface area contributed by atoms with Gasteiger partial charge in [0, 0.05) is 80.3 Å². The van der Waals surface area contributed by atoms with Crippen LogP contribution in [0.5, 0.6) is 0 Å². The molecule has 0 unspecified atom stereocenters. The number of benzene rings is 12. The van der Waals surface area contributed by atoms with Crippen molar-refractivity contribution < 1.29 is 8.83 Å². The molecule has 0 spiro atoms. The standard InChI is InChI=1S/C38H24N2OS.C26H16ClNO.C12H9NS.2CH3I/c1-2-9-27(10-3-1)40-33-23-25(19-22-30(33)36-31-12-4-6-15-34(31)41-38(36)40)24-17-20-26(21-18-24)39-32-14-8-13-29-28-11-5-7-16-35(28)42-37(29)32;27-19-13-10-17(11-14-19)18-12-15-21-23(16-18)28(20-6-2-1-3-7-20)26-25(21)22-8-4-5-9-24(22)29-26;13-10-6-3-5-9-8-4-1-2-7-11(8)14-12(9)10;2*1-2/h1-23,39H;1-16H;1-7H,13H2;2*1H3. The average Bonchev–Trinajstić information content (AvgIpc) is 1.60. The number of fused-ring (bicyclic) bond motifs is 16. The minimum Gasteiger partial charge on any atom is -0.439 e. The van der Waals surface area contributed by atoms with E-state index < -0.39 is 0 Å². The number of nitrogen functional groups attached to an aromatic ring is 1. The van der Waals surface area contributed by atoms with Crippen LogP contribution in [0.2, 0.25) is 5.02 Å². The highest BCUT2D eigenvalue weighted by molar-refractivity contribution is 14.1. The summed E-state index contributed by atoms with van der Waals surface area (Å²) in [6.07, 6.45) is 0. The van der Waals surface area contributed by atoms with Crippen LogP contribution in [0.4, 0.5) is 17.1 Å². The minimum absolute atomic E-state index is 0.742. The number of nitrogens with zero attached hydrogens (tertiary/aromatic N) is 2. The minimum atomic E-state index is 0.742. The summed E-state index contributed by atoms with van der Waals surface area (Å²) in [4.78, 5) is 3.94. The van der Waals surface area contributed by atoms with Crippen LogP contribution in [0, 0.1) is 0 Å². The zero-order valence-electron chi connectivity index (χ0n) is 48.3. The number of aromatic nitrogens is 2. The smallest absolute Gasteiger partial charge is 0.213 e. The van der Waals surface area contributed by atoms with Gasteiger partial charge in [-0.15, -0.1) is 22.7 Å². The van der Waals surface area contributed by atoms with Crippen LogP contribution in [-0.2, 0) is 0 Å². The van der Waals surface area contributed by atoms with Crippen molar-refractivity contribution in [2.75, 3.05) is 20.9 Å². The summed E-state index contributed by atoms with van der Waals surface area (Å²) in [5.41, 5.74) is 21.6. The van der Waals surface area contributed by atoms with Crippen molar-refractivity contribution in [2.24, 2.45) is 0 Å². The molecule has 0 aliphatic carbocycles. The third kappa shape index (κ3) is 10.8. The Balaban J connectivity index is 0.000000127. The summed E-state index contributed by atoms with van der Waals surface area (Å²) < 4.78 is 22.3.